The molecule has 0 amide bonds. The molecule has 0 spiro atoms. The Kier molecular flexibility index (Phi) is 6.50. The first-order valence-corrected chi connectivity index (χ1v) is 11.7. The molecular weight excluding hydrogens is 381 g/mol. The van der Waals surface area contributed by atoms with E-state index in [1.54, 1.807) is 13.2 Å². The maximum absolute atomic E-state index is 12.3. The Morgan fingerprint density at radius 2 is 1.90 bits per heavy atom. The van der Waals surface area contributed by atoms with Crippen LogP contribution in [-0.4, -0.2) is 31.2 Å². The number of ketones is 1. The van der Waals surface area contributed by atoms with Gasteiger partial charge in [0.25, 0.3) is 0 Å². The highest BCUT2D eigenvalue weighted by Crippen LogP contribution is 2.39. The van der Waals surface area contributed by atoms with Crippen LogP contribution in [0.2, 0.25) is 0 Å². The number of nitrogens with one attached hydrogen (secondary N) is 1. The van der Waals surface area contributed by atoms with Crippen molar-refractivity contribution in [1.29, 1.82) is 0 Å². The van der Waals surface area contributed by atoms with Crippen molar-refractivity contribution in [3.05, 3.63) is 60.3 Å². The summed E-state index contributed by atoms with van der Waals surface area (Å²) in [7, 11) is 1.46. The molecule has 0 saturated heterocycles. The average molecular weight is 407 g/mol. The quantitative estimate of drug-likeness (QED) is 0.424. The zero-order valence-electron chi connectivity index (χ0n) is 17.2. The molecule has 3 N–H and O–H groups in total. The second kappa shape index (κ2) is 9.06. The monoisotopic (exact) mass is 407 g/mol. The van der Waals surface area contributed by atoms with Crippen molar-refractivity contribution in [2.75, 3.05) is 31.5 Å². The van der Waals surface area contributed by atoms with Gasteiger partial charge in [-0.25, -0.2) is 4.98 Å². The van der Waals surface area contributed by atoms with Crippen LogP contribution in [0.15, 0.2) is 54.7 Å². The van der Waals surface area contributed by atoms with Crippen LogP contribution < -0.4 is 21.1 Å². The molecule has 0 fully saturated rings. The average Bonchev–Trinajstić information content (AvgIpc) is 2.73. The van der Waals surface area contributed by atoms with Crippen LogP contribution in [0.1, 0.15) is 23.7 Å². The number of carbonyl (C=O) groups is 1. The minimum atomic E-state index is -0.196. The van der Waals surface area contributed by atoms with E-state index in [-0.39, 0.29) is 13.7 Å². The third kappa shape index (κ3) is 4.57. The van der Waals surface area contributed by atoms with Gasteiger partial charge in [0.15, 0.2) is 5.78 Å². The number of Topliss-reactive ketones (excluding diaryl/α,β-unsaturated/α-hetero) is 1. The van der Waals surface area contributed by atoms with E-state index in [0.717, 1.165) is 16.8 Å². The van der Waals surface area contributed by atoms with E-state index in [2.05, 4.69) is 47.9 Å². The molecule has 0 aliphatic heterocycles. The number of hydrogen-bond acceptors (Lipinski definition) is 5. The Morgan fingerprint density at radius 1 is 1.14 bits per heavy atom. The molecular formula is C23H26N3O2P. The molecule has 0 aliphatic rings. The molecule has 0 saturated carbocycles. The van der Waals surface area contributed by atoms with Crippen molar-refractivity contribution >= 4 is 36.2 Å². The summed E-state index contributed by atoms with van der Waals surface area (Å²) in [4.78, 5) is 16.4. The summed E-state index contributed by atoms with van der Waals surface area (Å²) in [5.74, 6) is 1.07. The largest absolute Gasteiger partial charge is 0.494 e. The van der Waals surface area contributed by atoms with Crippen LogP contribution in [0.5, 0.6) is 5.75 Å². The minimum absolute atomic E-state index is 0.00192. The molecule has 3 aromatic rings. The maximum Gasteiger partial charge on any atom is 0.166 e. The molecule has 0 radical (unpaired) electrons. The standard InChI is InChI=1S/C23H26N3O2P/c1-5-21(27)18-14-25-22(24)13-20(18)26-19-11-7-10-17(23(19)28-2)15-8-6-9-16(12-15)29(3)4/h6-14H,5H2,1-4H3,(H3,24,25,26). The van der Waals surface area contributed by atoms with Gasteiger partial charge in [-0.3, -0.25) is 4.79 Å². The Bertz CT molecular complexity index is 1030. The molecule has 0 atom stereocenters. The van der Waals surface area contributed by atoms with E-state index < -0.39 is 0 Å². The first kappa shape index (κ1) is 20.8. The van der Waals surface area contributed by atoms with Gasteiger partial charge in [-0.1, -0.05) is 45.2 Å². The first-order chi connectivity index (χ1) is 13.9. The second-order valence-corrected chi connectivity index (χ2v) is 9.19. The lowest BCUT2D eigenvalue weighted by molar-refractivity contribution is 0.0988. The Balaban J connectivity index is 2.07. The third-order valence-corrected chi connectivity index (χ3v) is 6.02. The SMILES string of the molecule is CCC(=O)c1cnc(N)cc1Nc1cccc(-c2cccc(P(C)C)c2)c1OC. The van der Waals surface area contributed by atoms with Crippen molar-refractivity contribution < 1.29 is 9.53 Å². The summed E-state index contributed by atoms with van der Waals surface area (Å²) in [6.45, 7) is 6.31. The molecule has 0 aliphatic carbocycles. The molecule has 29 heavy (non-hydrogen) atoms. The minimum Gasteiger partial charge on any atom is -0.494 e. The van der Waals surface area contributed by atoms with Crippen molar-refractivity contribution in [2.45, 2.75) is 13.3 Å². The molecule has 0 unspecified atom stereocenters. The predicted octanol–water partition coefficient (Wildman–Crippen LogP) is 5.04. The fourth-order valence-corrected chi connectivity index (χ4v) is 3.95. The molecule has 5 nitrogen and oxygen atoms in total. The summed E-state index contributed by atoms with van der Waals surface area (Å²) in [6.07, 6.45) is 1.91. The van der Waals surface area contributed by atoms with Gasteiger partial charge in [0.1, 0.15) is 11.6 Å². The molecule has 6 heteroatoms. The lowest BCUT2D eigenvalue weighted by atomic mass is 10.0. The Morgan fingerprint density at radius 3 is 2.59 bits per heavy atom. The van der Waals surface area contributed by atoms with E-state index in [1.807, 2.05) is 25.1 Å². The number of rotatable bonds is 7. The lowest BCUT2D eigenvalue weighted by Crippen LogP contribution is -2.06. The van der Waals surface area contributed by atoms with Gasteiger partial charge in [0.2, 0.25) is 0 Å². The Hall–Kier alpha value is -2.91. The van der Waals surface area contributed by atoms with Gasteiger partial charge >= 0.3 is 0 Å². The normalized spacial score (nSPS) is 10.8. The molecule has 2 aromatic carbocycles. The fraction of sp³-hybridized carbons (Fsp3) is 0.217. The molecule has 0 bridgehead atoms. The number of benzene rings is 2. The number of ether oxygens (including phenoxy) is 1. The summed E-state index contributed by atoms with van der Waals surface area (Å²) in [5, 5.41) is 4.66. The molecule has 1 heterocycles. The summed E-state index contributed by atoms with van der Waals surface area (Å²) >= 11 is 0. The summed E-state index contributed by atoms with van der Waals surface area (Å²) < 4.78 is 5.77. The number of anilines is 3. The van der Waals surface area contributed by atoms with E-state index in [4.69, 9.17) is 10.5 Å². The first-order valence-electron chi connectivity index (χ1n) is 9.45. The summed E-state index contributed by atoms with van der Waals surface area (Å²) in [5.41, 5.74) is 9.85. The number of hydrogen-bond donors (Lipinski definition) is 2. The number of carbonyl (C=O) groups excluding carboxylic acids is 1. The third-order valence-electron chi connectivity index (χ3n) is 4.71. The van der Waals surface area contributed by atoms with Crippen LogP contribution in [0.3, 0.4) is 0 Å². The highest BCUT2D eigenvalue weighted by Gasteiger charge is 2.16. The fourth-order valence-electron chi connectivity index (χ4n) is 3.17. The maximum atomic E-state index is 12.3. The van der Waals surface area contributed by atoms with Gasteiger partial charge in [-0.2, -0.15) is 0 Å². The van der Waals surface area contributed by atoms with Gasteiger partial charge < -0.3 is 15.8 Å². The van der Waals surface area contributed by atoms with E-state index >= 15 is 0 Å². The number of nitrogens with zero attached hydrogens (tertiary/aromatic N) is 1. The molecule has 3 rings (SSSR count). The van der Waals surface area contributed by atoms with Crippen LogP contribution >= 0.6 is 7.92 Å². The van der Waals surface area contributed by atoms with E-state index in [9.17, 15) is 4.79 Å². The van der Waals surface area contributed by atoms with Gasteiger partial charge in [-0.15, -0.1) is 0 Å². The smallest absolute Gasteiger partial charge is 0.166 e. The van der Waals surface area contributed by atoms with E-state index in [0.29, 0.717) is 29.2 Å². The van der Waals surface area contributed by atoms with Crippen LogP contribution in [0.4, 0.5) is 17.2 Å². The molecule has 1 aromatic heterocycles. The predicted molar refractivity (Wildman–Crippen MR) is 123 cm³/mol. The van der Waals surface area contributed by atoms with Crippen molar-refractivity contribution in [2.24, 2.45) is 0 Å². The van der Waals surface area contributed by atoms with Gasteiger partial charge in [0.05, 0.1) is 24.0 Å². The second-order valence-electron chi connectivity index (χ2n) is 6.89. The highest BCUT2D eigenvalue weighted by molar-refractivity contribution is 7.64. The zero-order chi connectivity index (χ0) is 21.0. The van der Waals surface area contributed by atoms with Crippen molar-refractivity contribution in [1.82, 2.24) is 4.98 Å². The topological polar surface area (TPSA) is 77.2 Å². The van der Waals surface area contributed by atoms with Gasteiger partial charge in [-0.05, 0) is 36.3 Å². The number of nitrogen functional groups attached to an aromatic ring is 1. The number of para-hydroxylation sites is 1. The number of pyridine rings is 1. The van der Waals surface area contributed by atoms with Crippen LogP contribution in [-0.2, 0) is 0 Å². The van der Waals surface area contributed by atoms with Crippen LogP contribution in [0, 0.1) is 0 Å². The van der Waals surface area contributed by atoms with Crippen molar-refractivity contribution in [3.8, 4) is 16.9 Å². The Labute approximate surface area is 173 Å². The van der Waals surface area contributed by atoms with Crippen LogP contribution in [0.25, 0.3) is 11.1 Å². The lowest BCUT2D eigenvalue weighted by Gasteiger charge is -2.18. The summed E-state index contributed by atoms with van der Waals surface area (Å²) in [6, 6.07) is 16.1. The van der Waals surface area contributed by atoms with Crippen molar-refractivity contribution in [3.63, 3.8) is 0 Å². The van der Waals surface area contributed by atoms with E-state index in [1.165, 1.54) is 11.5 Å². The highest BCUT2D eigenvalue weighted by atomic mass is 31.1. The number of nitrogens with two attached hydrogens (primary N) is 1. The zero-order valence-corrected chi connectivity index (χ0v) is 18.1. The van der Waals surface area contributed by atoms with Gasteiger partial charge in [0, 0.05) is 24.2 Å². The molecule has 150 valence electrons. The number of aromatic nitrogens is 1. The number of methoxy groups -OCH3 is 1.